The van der Waals surface area contributed by atoms with Gasteiger partial charge in [0.25, 0.3) is 0 Å². The van der Waals surface area contributed by atoms with Crippen molar-refractivity contribution in [2.24, 2.45) is 0 Å². The third-order valence-electron chi connectivity index (χ3n) is 18.1. The molecule has 0 saturated carbocycles. The van der Waals surface area contributed by atoms with Crippen LogP contribution in [-0.2, 0) is 18.4 Å². The van der Waals surface area contributed by atoms with E-state index in [0.29, 0.717) is 23.9 Å². The second-order valence-corrected chi connectivity index (χ2v) is 29.2. The Bertz CT molecular complexity index is 1310. The third-order valence-corrected chi connectivity index (χ3v) is 19.1. The summed E-state index contributed by atoms with van der Waals surface area (Å²) in [4.78, 5) is 23.5. The van der Waals surface area contributed by atoms with E-state index in [1.165, 1.54) is 353 Å². The Kier molecular flexibility index (Phi) is 65.5. The molecule has 83 heavy (non-hydrogen) atoms. The largest absolute Gasteiger partial charge is 0.472 e. The van der Waals surface area contributed by atoms with Crippen LogP contribution in [0.15, 0.2) is 0 Å². The van der Waals surface area contributed by atoms with Gasteiger partial charge in [-0.15, -0.1) is 0 Å². The van der Waals surface area contributed by atoms with Gasteiger partial charge in [0.05, 0.1) is 39.9 Å². The van der Waals surface area contributed by atoms with E-state index in [2.05, 4.69) is 19.2 Å². The molecule has 9 heteroatoms. The van der Waals surface area contributed by atoms with Crippen LogP contribution < -0.4 is 5.32 Å². The summed E-state index contributed by atoms with van der Waals surface area (Å²) >= 11 is 0. The maximum atomic E-state index is 13.1. The minimum atomic E-state index is -4.33. The van der Waals surface area contributed by atoms with Crippen LogP contribution in [0.5, 0.6) is 0 Å². The van der Waals surface area contributed by atoms with E-state index in [-0.39, 0.29) is 19.1 Å². The van der Waals surface area contributed by atoms with E-state index in [4.69, 9.17) is 9.05 Å². The maximum absolute atomic E-state index is 13.1. The molecule has 0 aliphatic rings. The van der Waals surface area contributed by atoms with Gasteiger partial charge in [0.2, 0.25) is 5.91 Å². The average Bonchev–Trinajstić information content (AvgIpc) is 3.49. The molecule has 8 nitrogen and oxygen atoms in total. The zero-order valence-corrected chi connectivity index (χ0v) is 58.1. The second kappa shape index (κ2) is 65.9. The number of aliphatic hydroxyl groups excluding tert-OH is 1. The molecule has 0 fully saturated rings. The van der Waals surface area contributed by atoms with E-state index < -0.39 is 20.0 Å². The lowest BCUT2D eigenvalue weighted by atomic mass is 10.0. The molecule has 0 rings (SSSR count). The quantitative estimate of drug-likeness (QED) is 0.0318. The number of nitrogens with one attached hydrogen (secondary N) is 1. The number of phosphoric acid groups is 1. The molecule has 0 aliphatic heterocycles. The van der Waals surface area contributed by atoms with Crippen molar-refractivity contribution >= 4 is 13.7 Å². The van der Waals surface area contributed by atoms with Crippen molar-refractivity contribution in [3.05, 3.63) is 0 Å². The monoisotopic (exact) mass is 1200 g/mol. The van der Waals surface area contributed by atoms with E-state index in [0.717, 1.165) is 38.5 Å². The highest BCUT2D eigenvalue weighted by molar-refractivity contribution is 7.47. The van der Waals surface area contributed by atoms with Crippen LogP contribution in [-0.4, -0.2) is 73.4 Å². The van der Waals surface area contributed by atoms with Crippen molar-refractivity contribution in [3.63, 3.8) is 0 Å². The number of aliphatic hydroxyl groups is 1. The number of rotatable bonds is 72. The number of hydrogen-bond acceptors (Lipinski definition) is 5. The Labute approximate surface area is 520 Å². The number of hydrogen-bond donors (Lipinski definition) is 3. The molecule has 0 bridgehead atoms. The number of phosphoric ester groups is 1. The molecule has 0 aliphatic carbocycles. The van der Waals surface area contributed by atoms with Gasteiger partial charge < -0.3 is 19.8 Å². The van der Waals surface area contributed by atoms with Crippen LogP contribution in [0.4, 0.5) is 0 Å². The van der Waals surface area contributed by atoms with Gasteiger partial charge in [-0.05, 0) is 12.8 Å². The topological polar surface area (TPSA) is 105 Å². The second-order valence-electron chi connectivity index (χ2n) is 27.8. The van der Waals surface area contributed by atoms with Crippen molar-refractivity contribution in [2.75, 3.05) is 40.9 Å². The molecule has 0 saturated heterocycles. The molecule has 3 N–H and O–H groups in total. The highest BCUT2D eigenvalue weighted by atomic mass is 31.2. The summed E-state index contributed by atoms with van der Waals surface area (Å²) in [5.41, 5.74) is 0. The molecule has 0 aromatic heterocycles. The van der Waals surface area contributed by atoms with Gasteiger partial charge in [0.15, 0.2) is 0 Å². The van der Waals surface area contributed by atoms with Crippen LogP contribution in [0.3, 0.4) is 0 Å². The number of quaternary nitrogens is 1. The SMILES string of the molecule is CCCCCCCCCCCCCCCCCCCCCCCCCCCCCCCCCCCCCC(=O)NC(COP(=O)(O)OCC[N+](C)(C)C)C(O)CCCCCCCCCCCCCCCCCCCCCCCCCCCC. The molecular weight excluding hydrogens is 1040 g/mol. The molecule has 0 heterocycles. The fraction of sp³-hybridized carbons (Fsp3) is 0.986. The van der Waals surface area contributed by atoms with Crippen molar-refractivity contribution in [3.8, 4) is 0 Å². The summed E-state index contributed by atoms with van der Waals surface area (Å²) in [7, 11) is 1.64. The van der Waals surface area contributed by atoms with Crippen LogP contribution in [0.2, 0.25) is 0 Å². The highest BCUT2D eigenvalue weighted by Crippen LogP contribution is 2.43. The van der Waals surface area contributed by atoms with Gasteiger partial charge in [-0.2, -0.15) is 0 Å². The predicted octanol–water partition coefficient (Wildman–Crippen LogP) is 24.3. The maximum Gasteiger partial charge on any atom is 0.472 e. The minimum Gasteiger partial charge on any atom is -0.391 e. The number of amides is 1. The van der Waals surface area contributed by atoms with Gasteiger partial charge in [-0.25, -0.2) is 4.57 Å². The summed E-state index contributed by atoms with van der Waals surface area (Å²) in [6, 6.07) is -0.757. The van der Waals surface area contributed by atoms with E-state index in [1.54, 1.807) is 0 Å². The van der Waals surface area contributed by atoms with Crippen LogP contribution in [0.1, 0.15) is 418 Å². The van der Waals surface area contributed by atoms with E-state index >= 15 is 0 Å². The summed E-state index contributed by atoms with van der Waals surface area (Å²) < 4.78 is 23.9. The Hall–Kier alpha value is -0.500. The standard InChI is InChI=1S/C74H151N2O6P/c1-6-8-10-12-14-16-18-20-22-24-26-28-30-32-34-35-36-37-38-39-40-41-42-44-46-48-50-52-54-56-58-60-62-64-66-68-74(78)75-72(71-82-83(79,80)81-70-69-76(3,4)5)73(77)67-65-63-61-59-57-55-53-51-49-47-45-43-33-31-29-27-25-23-21-19-17-15-13-11-9-7-2/h72-73,77H,6-71H2,1-5H3,(H-,75,78,79,80)/p+1. The van der Waals surface area contributed by atoms with Crippen molar-refractivity contribution < 1.29 is 32.9 Å². The number of carbonyl (C=O) groups is 1. The van der Waals surface area contributed by atoms with Gasteiger partial charge in [0, 0.05) is 6.42 Å². The normalized spacial score (nSPS) is 13.5. The number of carbonyl (C=O) groups excluding carboxylic acids is 1. The lowest BCUT2D eigenvalue weighted by Gasteiger charge is -2.26. The van der Waals surface area contributed by atoms with Gasteiger partial charge in [0.1, 0.15) is 13.2 Å². The first-order chi connectivity index (χ1) is 40.5. The van der Waals surface area contributed by atoms with Gasteiger partial charge in [-0.3, -0.25) is 13.8 Å². The minimum absolute atomic E-state index is 0.0796. The molecule has 0 aromatic carbocycles. The van der Waals surface area contributed by atoms with E-state index in [9.17, 15) is 19.4 Å². The first kappa shape index (κ1) is 82.5. The lowest BCUT2D eigenvalue weighted by Crippen LogP contribution is -2.46. The predicted molar refractivity (Wildman–Crippen MR) is 365 cm³/mol. The number of unbranched alkanes of at least 4 members (excludes halogenated alkanes) is 59. The molecule has 3 atom stereocenters. The summed E-state index contributed by atoms with van der Waals surface area (Å²) in [5.74, 6) is -0.132. The smallest absolute Gasteiger partial charge is 0.391 e. The van der Waals surface area contributed by atoms with Gasteiger partial charge >= 0.3 is 7.82 Å². The Morgan fingerprint density at radius 2 is 0.578 bits per heavy atom. The molecular formula is C74H152N2O6P+. The van der Waals surface area contributed by atoms with Crippen LogP contribution >= 0.6 is 7.82 Å². The summed E-state index contributed by atoms with van der Waals surface area (Å²) in [5, 5.41) is 14.2. The molecule has 0 radical (unpaired) electrons. The van der Waals surface area contributed by atoms with E-state index in [1.807, 2.05) is 21.1 Å². The zero-order chi connectivity index (χ0) is 60.5. The van der Waals surface area contributed by atoms with Gasteiger partial charge in [-0.1, -0.05) is 399 Å². The third kappa shape index (κ3) is 68.8. The Morgan fingerprint density at radius 1 is 0.361 bits per heavy atom. The molecule has 498 valence electrons. The highest BCUT2D eigenvalue weighted by Gasteiger charge is 2.28. The molecule has 0 aromatic rings. The zero-order valence-electron chi connectivity index (χ0n) is 57.2. The Morgan fingerprint density at radius 3 is 0.807 bits per heavy atom. The summed E-state index contributed by atoms with van der Waals surface area (Å²) in [6.07, 6.45) is 83.8. The van der Waals surface area contributed by atoms with Crippen LogP contribution in [0.25, 0.3) is 0 Å². The fourth-order valence-corrected chi connectivity index (χ4v) is 13.0. The fourth-order valence-electron chi connectivity index (χ4n) is 12.2. The first-order valence-electron chi connectivity index (χ1n) is 37.9. The van der Waals surface area contributed by atoms with Crippen molar-refractivity contribution in [1.82, 2.24) is 5.32 Å². The van der Waals surface area contributed by atoms with Crippen LogP contribution in [0, 0.1) is 0 Å². The molecule has 1 amide bonds. The average molecular weight is 1200 g/mol. The summed E-state index contributed by atoms with van der Waals surface area (Å²) in [6.45, 7) is 4.97. The van der Waals surface area contributed by atoms with Crippen molar-refractivity contribution in [2.45, 2.75) is 431 Å². The Balaban J connectivity index is 3.91. The molecule has 3 unspecified atom stereocenters. The lowest BCUT2D eigenvalue weighted by molar-refractivity contribution is -0.870. The van der Waals surface area contributed by atoms with Crippen molar-refractivity contribution in [1.29, 1.82) is 0 Å². The molecule has 0 spiro atoms. The number of likely N-dealkylation sites (N-methyl/N-ethyl adjacent to an activating group) is 1. The number of nitrogens with zero attached hydrogens (tertiary/aromatic N) is 1. The first-order valence-corrected chi connectivity index (χ1v) is 39.4.